The number of benzene rings is 4. The van der Waals surface area contributed by atoms with Crippen molar-refractivity contribution in [3.8, 4) is 0 Å². The van der Waals surface area contributed by atoms with Gasteiger partial charge < -0.3 is 0 Å². The average molecular weight is 551 g/mol. The van der Waals surface area contributed by atoms with Crippen LogP contribution in [0.2, 0.25) is 4.20 Å². The van der Waals surface area contributed by atoms with Gasteiger partial charge in [-0.15, -0.1) is 0 Å². The van der Waals surface area contributed by atoms with E-state index in [4.69, 9.17) is 0 Å². The van der Waals surface area contributed by atoms with Crippen LogP contribution >= 0.6 is 0 Å². The maximum absolute atomic E-state index is 14.1. The Kier molecular flexibility index (Phi) is 7.93. The molecule has 4 heteroatoms. The monoisotopic (exact) mass is 550 g/mol. The summed E-state index contributed by atoms with van der Waals surface area (Å²) in [4.78, 5) is 18.8. The zero-order chi connectivity index (χ0) is 25.7. The van der Waals surface area contributed by atoms with Gasteiger partial charge in [0.2, 0.25) is 0 Å². The second-order valence-corrected chi connectivity index (χ2v) is 12.6. The van der Waals surface area contributed by atoms with Gasteiger partial charge in [0.15, 0.2) is 0 Å². The molecule has 0 N–H and O–H groups in total. The van der Waals surface area contributed by atoms with Crippen LogP contribution in [0.1, 0.15) is 41.1 Å². The van der Waals surface area contributed by atoms with Crippen LogP contribution in [0.25, 0.3) is 0 Å². The van der Waals surface area contributed by atoms with Gasteiger partial charge in [0.25, 0.3) is 0 Å². The number of hydrogen-bond acceptors (Lipinski definition) is 2. The van der Waals surface area contributed by atoms with E-state index in [1.165, 1.54) is 39.1 Å². The summed E-state index contributed by atoms with van der Waals surface area (Å²) < 4.78 is -0.518. The number of nitrogens with zero attached hydrogens (tertiary/aromatic N) is 2. The Labute approximate surface area is 229 Å². The third-order valence-electron chi connectivity index (χ3n) is 7.52. The number of carbonyl (C=O) groups excluding carboxylic acids is 1. The third-order valence-corrected chi connectivity index (χ3v) is 8.74. The van der Waals surface area contributed by atoms with Crippen LogP contribution in [0.15, 0.2) is 121 Å². The van der Waals surface area contributed by atoms with Crippen molar-refractivity contribution in [2.24, 2.45) is 0 Å². The fourth-order valence-corrected chi connectivity index (χ4v) is 6.90. The van der Waals surface area contributed by atoms with Crippen LogP contribution in [0.3, 0.4) is 0 Å². The van der Waals surface area contributed by atoms with Gasteiger partial charge in [-0.1, -0.05) is 0 Å². The molecule has 0 radical (unpaired) electrons. The molecule has 0 aliphatic carbocycles. The first kappa shape index (κ1) is 25.5. The zero-order valence-electron chi connectivity index (χ0n) is 21.4. The van der Waals surface area contributed by atoms with Gasteiger partial charge in [0.05, 0.1) is 0 Å². The molecule has 0 saturated carbocycles. The Balaban J connectivity index is 1.37. The summed E-state index contributed by atoms with van der Waals surface area (Å²) in [5.41, 5.74) is 4.98. The molecular weight excluding hydrogens is 515 g/mol. The van der Waals surface area contributed by atoms with E-state index in [9.17, 15) is 4.79 Å². The van der Waals surface area contributed by atoms with E-state index in [1.807, 2.05) is 12.1 Å². The third kappa shape index (κ3) is 5.59. The number of carbonyl (C=O) groups is 1. The molecule has 1 fully saturated rings. The minimum absolute atomic E-state index is 0.0156. The molecule has 5 rings (SSSR count). The van der Waals surface area contributed by atoms with Crippen molar-refractivity contribution < 1.29 is 4.79 Å². The summed E-state index contributed by atoms with van der Waals surface area (Å²) in [6.45, 7) is 5.33. The zero-order valence-corrected chi connectivity index (χ0v) is 23.8. The molecule has 4 aromatic carbocycles. The Morgan fingerprint density at radius 2 is 0.973 bits per heavy atom. The minimum atomic E-state index is -0.518. The Bertz CT molecular complexity index is 1190. The molecular formula is C33H35AsN2O. The fourth-order valence-electron chi connectivity index (χ4n) is 5.71. The molecule has 0 spiro atoms. The van der Waals surface area contributed by atoms with E-state index < -0.39 is 4.20 Å². The number of rotatable bonds is 7. The fraction of sp³-hybridized carbons (Fsp3) is 0.242. The van der Waals surface area contributed by atoms with Crippen LogP contribution in [0, 0.1) is 0 Å². The summed E-state index contributed by atoms with van der Waals surface area (Å²) in [6.07, 6.45) is 0. The van der Waals surface area contributed by atoms with Gasteiger partial charge in [0, 0.05) is 0 Å². The molecule has 1 amide bonds. The molecule has 3 nitrogen and oxygen atoms in total. The van der Waals surface area contributed by atoms with E-state index in [2.05, 4.69) is 126 Å². The predicted octanol–water partition coefficient (Wildman–Crippen LogP) is 5.56. The summed E-state index contributed by atoms with van der Waals surface area (Å²) in [5, 5.41) is 0. The van der Waals surface area contributed by atoms with Gasteiger partial charge in [-0.2, -0.15) is 0 Å². The summed E-state index contributed by atoms with van der Waals surface area (Å²) in [7, 11) is 0. The summed E-state index contributed by atoms with van der Waals surface area (Å²) in [5.74, 6) is 0.266. The number of hydrogen-bond donors (Lipinski definition) is 0. The number of amides is 1. The van der Waals surface area contributed by atoms with Gasteiger partial charge in [-0.05, 0) is 0 Å². The first-order chi connectivity index (χ1) is 18.1. The quantitative estimate of drug-likeness (QED) is 0.281. The van der Waals surface area contributed by atoms with Crippen molar-refractivity contribution in [3.63, 3.8) is 0 Å². The van der Waals surface area contributed by atoms with E-state index in [-0.39, 0.29) is 17.9 Å². The molecule has 0 bridgehead atoms. The molecule has 4 aromatic rings. The number of piperazine rings is 1. The first-order valence-corrected chi connectivity index (χ1v) is 14.3. The SMILES string of the molecule is CC([AsH2])(C(=O)N1CCN(C(c2ccccc2)c2ccccc2)CC1)C(c1ccccc1)c1ccccc1. The Hall–Kier alpha value is -3.13. The van der Waals surface area contributed by atoms with Crippen LogP contribution in [0.5, 0.6) is 0 Å². The van der Waals surface area contributed by atoms with Gasteiger partial charge in [-0.25, -0.2) is 0 Å². The van der Waals surface area contributed by atoms with Crippen molar-refractivity contribution in [1.82, 2.24) is 9.80 Å². The Morgan fingerprint density at radius 1 is 0.622 bits per heavy atom. The average Bonchev–Trinajstić information content (AvgIpc) is 2.95. The second kappa shape index (κ2) is 11.5. The van der Waals surface area contributed by atoms with E-state index in [0.29, 0.717) is 0 Å². The molecule has 1 aliphatic rings. The summed E-state index contributed by atoms with van der Waals surface area (Å²) in [6, 6.07) is 42.7. The molecule has 2 unspecified atom stereocenters. The molecule has 1 aliphatic heterocycles. The standard InChI is InChI=1S/C33H35AsN2O/c1-33(34,30(26-14-6-2-7-15-26)27-16-8-3-9-17-27)32(37)36-24-22-35(23-25-36)31(28-18-10-4-11-19-28)29-20-12-5-13-21-29/h2-21,30-31H,22-25,34H2,1H3. The molecule has 37 heavy (non-hydrogen) atoms. The summed E-state index contributed by atoms with van der Waals surface area (Å²) >= 11 is 1.51. The molecule has 1 saturated heterocycles. The molecule has 2 atom stereocenters. The van der Waals surface area contributed by atoms with E-state index >= 15 is 0 Å². The van der Waals surface area contributed by atoms with Crippen molar-refractivity contribution >= 4 is 22.8 Å². The first-order valence-electron chi connectivity index (χ1n) is 13.1. The topological polar surface area (TPSA) is 23.6 Å². The Morgan fingerprint density at radius 3 is 1.35 bits per heavy atom. The van der Waals surface area contributed by atoms with Crippen molar-refractivity contribution in [2.75, 3.05) is 26.2 Å². The van der Waals surface area contributed by atoms with Crippen molar-refractivity contribution in [3.05, 3.63) is 144 Å². The second-order valence-electron chi connectivity index (χ2n) is 10.1. The van der Waals surface area contributed by atoms with Crippen LogP contribution in [0.4, 0.5) is 0 Å². The van der Waals surface area contributed by atoms with Gasteiger partial charge >= 0.3 is 230 Å². The van der Waals surface area contributed by atoms with Gasteiger partial charge in [-0.3, -0.25) is 0 Å². The predicted molar refractivity (Wildman–Crippen MR) is 155 cm³/mol. The van der Waals surface area contributed by atoms with Crippen LogP contribution in [-0.2, 0) is 4.79 Å². The van der Waals surface area contributed by atoms with Crippen molar-refractivity contribution in [1.29, 1.82) is 0 Å². The molecule has 0 aromatic heterocycles. The van der Waals surface area contributed by atoms with Crippen LogP contribution < -0.4 is 0 Å². The van der Waals surface area contributed by atoms with Gasteiger partial charge in [0.1, 0.15) is 0 Å². The van der Waals surface area contributed by atoms with Crippen molar-refractivity contribution in [2.45, 2.75) is 23.1 Å². The van der Waals surface area contributed by atoms with Crippen LogP contribution in [-0.4, -0.2) is 58.7 Å². The van der Waals surface area contributed by atoms with E-state index in [1.54, 1.807) is 0 Å². The molecule has 188 valence electrons. The maximum atomic E-state index is 14.1. The molecule has 1 heterocycles. The normalized spacial score (nSPS) is 16.1. The van der Waals surface area contributed by atoms with E-state index in [0.717, 1.165) is 26.2 Å².